The van der Waals surface area contributed by atoms with E-state index in [1.54, 1.807) is 32.0 Å². The van der Waals surface area contributed by atoms with Crippen molar-refractivity contribution in [1.82, 2.24) is 26.1 Å². The molecule has 53 heavy (non-hydrogen) atoms. The lowest BCUT2D eigenvalue weighted by Gasteiger charge is -2.35. The number of aliphatic hydroxyl groups excluding tert-OH is 1. The smallest absolute Gasteiger partial charge is 0.408 e. The number of hydrogen-bond acceptors (Lipinski definition) is 10. The lowest BCUT2D eigenvalue weighted by molar-refractivity contribution is -0.131. The van der Waals surface area contributed by atoms with Crippen LogP contribution in [0.15, 0.2) is 79.0 Å². The summed E-state index contributed by atoms with van der Waals surface area (Å²) < 4.78 is 22.5. The molecule has 1 aromatic heterocycles. The number of pyridine rings is 1. The highest BCUT2D eigenvalue weighted by molar-refractivity contribution is 5.86. The molecule has 2 aromatic carbocycles. The highest BCUT2D eigenvalue weighted by atomic mass is 16.7. The Bertz CT molecular complexity index is 1650. The van der Waals surface area contributed by atoms with Gasteiger partial charge in [-0.1, -0.05) is 81.4 Å². The van der Waals surface area contributed by atoms with Gasteiger partial charge in [-0.2, -0.15) is 0 Å². The molecule has 3 heterocycles. The van der Waals surface area contributed by atoms with E-state index in [9.17, 15) is 19.5 Å². The molecule has 4 N–H and O–H groups in total. The van der Waals surface area contributed by atoms with Crippen LogP contribution in [-0.2, 0) is 36.7 Å². The molecule has 0 spiro atoms. The summed E-state index contributed by atoms with van der Waals surface area (Å²) in [6, 6.07) is 21.1. The van der Waals surface area contributed by atoms with Crippen molar-refractivity contribution >= 4 is 18.1 Å². The maximum absolute atomic E-state index is 14.0. The number of benzene rings is 2. The second-order valence-corrected chi connectivity index (χ2v) is 15.7. The van der Waals surface area contributed by atoms with Crippen molar-refractivity contribution < 1.29 is 38.4 Å². The average molecular weight is 732 g/mol. The molecule has 1 unspecified atom stereocenters. The number of nitrogens with one attached hydrogen (secondary N) is 3. The lowest BCUT2D eigenvalue weighted by atomic mass is 9.86. The van der Waals surface area contributed by atoms with Crippen molar-refractivity contribution in [3.8, 4) is 11.3 Å². The van der Waals surface area contributed by atoms with Crippen molar-refractivity contribution in [1.29, 1.82) is 0 Å². The predicted molar refractivity (Wildman–Crippen MR) is 198 cm³/mol. The van der Waals surface area contributed by atoms with E-state index in [0.717, 1.165) is 28.8 Å². The van der Waals surface area contributed by atoms with Gasteiger partial charge in [0.05, 0.1) is 37.0 Å². The topological polar surface area (TPSA) is 161 Å². The molecule has 3 aromatic rings. The number of alkyl carbamates (subject to hydrolysis) is 2. The monoisotopic (exact) mass is 731 g/mol. The normalized spacial score (nSPS) is 20.2. The fraction of sp³-hybridized carbons (Fsp3) is 0.500. The molecule has 0 saturated carbocycles. The van der Waals surface area contributed by atoms with Gasteiger partial charge in [0.15, 0.2) is 6.29 Å². The maximum atomic E-state index is 14.0. The van der Waals surface area contributed by atoms with Gasteiger partial charge in [-0.15, -0.1) is 0 Å². The van der Waals surface area contributed by atoms with Gasteiger partial charge < -0.3 is 34.7 Å². The van der Waals surface area contributed by atoms with Crippen LogP contribution in [0.2, 0.25) is 0 Å². The van der Waals surface area contributed by atoms with Crippen LogP contribution >= 0.6 is 0 Å². The Hall–Kier alpha value is -4.56. The first kappa shape index (κ1) is 39.6. The largest absolute Gasteiger partial charge is 0.444 e. The zero-order valence-corrected chi connectivity index (χ0v) is 31.4. The minimum atomic E-state index is -1.18. The summed E-state index contributed by atoms with van der Waals surface area (Å²) in [5.74, 6) is -0.541. The van der Waals surface area contributed by atoms with Crippen LogP contribution in [0.5, 0.6) is 0 Å². The van der Waals surface area contributed by atoms with E-state index < -0.39 is 53.4 Å². The van der Waals surface area contributed by atoms with Gasteiger partial charge in [0, 0.05) is 24.8 Å². The summed E-state index contributed by atoms with van der Waals surface area (Å²) in [6.07, 6.45) is -0.669. The molecule has 6 atom stereocenters. The molecule has 286 valence electrons. The predicted octanol–water partition coefficient (Wildman–Crippen LogP) is 4.98. The fourth-order valence-electron chi connectivity index (χ4n) is 6.38. The standard InChI is InChI=1S/C40H53N5O8/c1-39(2,3)34(43-38(49)53-40(4,5)6)35(47)44-45(23-27-15-17-28(18-16-27)30-14-10-11-20-41-30)24-32(46)31(22-26-12-8-7-9-13-26)42-37(48)52-33-25-51-36-29(33)19-21-50-36/h7-18,20,29,31-34,36,46H,19,21-25H2,1-6H3,(H,42,48)(H,43,49)(H,44,47)/t29-,31-,32-,33-,34?,36+/m0/s1. The van der Waals surface area contributed by atoms with Crippen LogP contribution in [0.25, 0.3) is 11.3 Å². The molecule has 0 bridgehead atoms. The second kappa shape index (κ2) is 17.5. The van der Waals surface area contributed by atoms with Gasteiger partial charge in [-0.3, -0.25) is 15.2 Å². The van der Waals surface area contributed by atoms with Crippen molar-refractivity contribution in [2.75, 3.05) is 19.8 Å². The summed E-state index contributed by atoms with van der Waals surface area (Å²) in [5.41, 5.74) is 4.96. The third-order valence-corrected chi connectivity index (χ3v) is 9.06. The van der Waals surface area contributed by atoms with Crippen molar-refractivity contribution in [3.05, 3.63) is 90.1 Å². The molecule has 2 aliphatic heterocycles. The number of carbonyl (C=O) groups is 3. The van der Waals surface area contributed by atoms with E-state index in [0.29, 0.717) is 13.0 Å². The highest BCUT2D eigenvalue weighted by Crippen LogP contribution is 2.33. The summed E-state index contributed by atoms with van der Waals surface area (Å²) in [7, 11) is 0. The summed E-state index contributed by atoms with van der Waals surface area (Å²) in [5, 5.41) is 19.1. The van der Waals surface area contributed by atoms with E-state index >= 15 is 0 Å². The van der Waals surface area contributed by atoms with E-state index in [1.807, 2.05) is 93.6 Å². The van der Waals surface area contributed by atoms with E-state index in [2.05, 4.69) is 21.0 Å². The number of aliphatic hydroxyl groups is 1. The number of hydrazine groups is 1. The summed E-state index contributed by atoms with van der Waals surface area (Å²) in [6.45, 7) is 11.6. The maximum Gasteiger partial charge on any atom is 0.408 e. The number of rotatable bonds is 13. The third kappa shape index (κ3) is 11.7. The average Bonchev–Trinajstić information content (AvgIpc) is 3.72. The van der Waals surface area contributed by atoms with E-state index in [1.165, 1.54) is 0 Å². The van der Waals surface area contributed by atoms with E-state index in [-0.39, 0.29) is 31.9 Å². The Morgan fingerprint density at radius 1 is 0.906 bits per heavy atom. The number of carbonyl (C=O) groups excluding carboxylic acids is 3. The van der Waals surface area contributed by atoms with Crippen LogP contribution in [0.1, 0.15) is 59.1 Å². The van der Waals surface area contributed by atoms with Gasteiger partial charge in [-0.25, -0.2) is 14.6 Å². The lowest BCUT2D eigenvalue weighted by Crippen LogP contribution is -2.59. The Morgan fingerprint density at radius 2 is 1.62 bits per heavy atom. The number of aromatic nitrogens is 1. The van der Waals surface area contributed by atoms with Crippen molar-refractivity contribution in [2.24, 2.45) is 11.3 Å². The zero-order chi connectivity index (χ0) is 38.2. The summed E-state index contributed by atoms with van der Waals surface area (Å²) in [4.78, 5) is 44.6. The SMILES string of the molecule is CC(C)(C)OC(=O)NC(C(=O)NN(Cc1ccc(-c2ccccn2)cc1)C[C@H](O)[C@H](Cc1ccccc1)NC(=O)O[C@H]1CO[C@H]2OCC[C@H]21)C(C)(C)C. The van der Waals surface area contributed by atoms with Crippen LogP contribution in [0, 0.1) is 11.3 Å². The number of amides is 3. The number of nitrogens with zero attached hydrogens (tertiary/aromatic N) is 2. The number of ether oxygens (including phenoxy) is 4. The van der Waals surface area contributed by atoms with Crippen LogP contribution in [-0.4, -0.2) is 89.1 Å². The number of fused-ring (bicyclic) bond motifs is 1. The quantitative estimate of drug-likeness (QED) is 0.177. The van der Waals surface area contributed by atoms with Crippen LogP contribution in [0.3, 0.4) is 0 Å². The van der Waals surface area contributed by atoms with Gasteiger partial charge >= 0.3 is 12.2 Å². The fourth-order valence-corrected chi connectivity index (χ4v) is 6.38. The summed E-state index contributed by atoms with van der Waals surface area (Å²) >= 11 is 0. The molecule has 2 fully saturated rings. The molecule has 0 aliphatic carbocycles. The van der Waals surface area contributed by atoms with Crippen LogP contribution in [0.4, 0.5) is 9.59 Å². The van der Waals surface area contributed by atoms with Gasteiger partial charge in [0.25, 0.3) is 5.91 Å². The highest BCUT2D eigenvalue weighted by Gasteiger charge is 2.44. The first-order valence-corrected chi connectivity index (χ1v) is 18.1. The van der Waals surface area contributed by atoms with Crippen LogP contribution < -0.4 is 16.1 Å². The van der Waals surface area contributed by atoms with Crippen molar-refractivity contribution in [3.63, 3.8) is 0 Å². The molecular formula is C40H53N5O8. The molecule has 13 heteroatoms. The number of hydrogen-bond donors (Lipinski definition) is 4. The molecule has 2 aliphatic rings. The minimum Gasteiger partial charge on any atom is -0.444 e. The van der Waals surface area contributed by atoms with Crippen molar-refractivity contribution in [2.45, 2.75) is 97.1 Å². The first-order chi connectivity index (χ1) is 25.1. The molecule has 3 amide bonds. The Morgan fingerprint density at radius 3 is 2.28 bits per heavy atom. The Balaban J connectivity index is 1.36. The Kier molecular flexibility index (Phi) is 13.1. The molecule has 0 radical (unpaired) electrons. The Labute approximate surface area is 311 Å². The molecular weight excluding hydrogens is 678 g/mol. The van der Waals surface area contributed by atoms with Gasteiger partial charge in [0.1, 0.15) is 17.7 Å². The zero-order valence-electron chi connectivity index (χ0n) is 31.4. The first-order valence-electron chi connectivity index (χ1n) is 18.1. The van der Waals surface area contributed by atoms with Gasteiger partial charge in [0.2, 0.25) is 0 Å². The van der Waals surface area contributed by atoms with E-state index in [4.69, 9.17) is 18.9 Å². The third-order valence-electron chi connectivity index (χ3n) is 9.06. The minimum absolute atomic E-state index is 0.0435. The molecule has 5 rings (SSSR count). The second-order valence-electron chi connectivity index (χ2n) is 15.7. The molecule has 2 saturated heterocycles. The molecule has 13 nitrogen and oxygen atoms in total. The van der Waals surface area contributed by atoms with Gasteiger partial charge in [-0.05, 0) is 62.3 Å².